The smallest absolute Gasteiger partial charge is 0.328 e. The minimum atomic E-state index is -1.26. The van der Waals surface area contributed by atoms with Crippen LogP contribution in [0.2, 0.25) is 0 Å². The van der Waals surface area contributed by atoms with Gasteiger partial charge in [0.1, 0.15) is 6.61 Å². The minimum absolute atomic E-state index is 0.558. The zero-order valence-electron chi connectivity index (χ0n) is 23.7. The summed E-state index contributed by atoms with van der Waals surface area (Å²) in [5, 5.41) is 35.7. The van der Waals surface area contributed by atoms with Crippen LogP contribution in [0.5, 0.6) is 5.88 Å². The van der Waals surface area contributed by atoms with Crippen LogP contribution < -0.4 is 4.74 Å². The van der Waals surface area contributed by atoms with Crippen molar-refractivity contribution in [2.75, 3.05) is 33.3 Å². The number of hydrogen-bond donors (Lipinski definition) is 4. The highest BCUT2D eigenvalue weighted by Gasteiger charge is 2.22. The average molecular weight is 597 g/mol. The predicted octanol–water partition coefficient (Wildman–Crippen LogP) is 2.73. The molecule has 0 amide bonds. The Morgan fingerprint density at radius 2 is 1.40 bits per heavy atom. The largest absolute Gasteiger partial charge is 0.478 e. The van der Waals surface area contributed by atoms with Gasteiger partial charge in [0.25, 0.3) is 0 Å². The standard InChI is InChI=1S/C22H28N4O.2C4H4O4/c1-24(15-16-27-22-17-21-9-5-6-12-26(21)23-22)20-10-13-25(14-11-20)18-19-7-3-2-4-8-19;2*5-3(6)1-2-4(7)8/h2-9,12,17,20H,10-11,13-16,18H2,1H3;2*1-2H,(H,5,6)(H,7,8)/b;2*2-1-. The Balaban J connectivity index is 0.000000334. The Bertz CT molecular complexity index is 1280. The van der Waals surface area contributed by atoms with E-state index >= 15 is 0 Å². The van der Waals surface area contributed by atoms with Gasteiger partial charge >= 0.3 is 23.9 Å². The summed E-state index contributed by atoms with van der Waals surface area (Å²) in [6.07, 6.45) is 6.61. The number of benzene rings is 1. The molecule has 1 fully saturated rings. The molecule has 1 aromatic carbocycles. The van der Waals surface area contributed by atoms with Gasteiger partial charge in [0.05, 0.1) is 5.52 Å². The Morgan fingerprint density at radius 3 is 1.91 bits per heavy atom. The summed E-state index contributed by atoms with van der Waals surface area (Å²) in [5.74, 6) is -4.33. The van der Waals surface area contributed by atoms with Crippen LogP contribution >= 0.6 is 0 Å². The first-order valence-electron chi connectivity index (χ1n) is 13.3. The van der Waals surface area contributed by atoms with Crippen LogP contribution in [0.15, 0.2) is 85.1 Å². The summed E-state index contributed by atoms with van der Waals surface area (Å²) in [4.78, 5) is 43.2. The van der Waals surface area contributed by atoms with Crippen molar-refractivity contribution in [2.24, 2.45) is 0 Å². The van der Waals surface area contributed by atoms with E-state index < -0.39 is 23.9 Å². The van der Waals surface area contributed by atoms with E-state index in [9.17, 15) is 19.2 Å². The van der Waals surface area contributed by atoms with Gasteiger partial charge in [0.2, 0.25) is 5.88 Å². The van der Waals surface area contributed by atoms with Crippen LogP contribution in [0.3, 0.4) is 0 Å². The van der Waals surface area contributed by atoms with E-state index in [4.69, 9.17) is 25.2 Å². The van der Waals surface area contributed by atoms with E-state index in [2.05, 4.69) is 52.3 Å². The summed E-state index contributed by atoms with van der Waals surface area (Å²) >= 11 is 0. The summed E-state index contributed by atoms with van der Waals surface area (Å²) in [6, 6.07) is 19.4. The number of aromatic nitrogens is 2. The number of fused-ring (bicyclic) bond motifs is 1. The van der Waals surface area contributed by atoms with E-state index in [1.165, 1.54) is 18.4 Å². The molecule has 0 aliphatic carbocycles. The molecule has 1 aliphatic rings. The van der Waals surface area contributed by atoms with Crippen molar-refractivity contribution in [3.05, 3.63) is 90.7 Å². The maximum atomic E-state index is 9.55. The fraction of sp³-hybridized carbons (Fsp3) is 0.300. The lowest BCUT2D eigenvalue weighted by Gasteiger charge is -2.36. The van der Waals surface area contributed by atoms with Gasteiger partial charge in [-0.2, -0.15) is 0 Å². The summed E-state index contributed by atoms with van der Waals surface area (Å²) < 4.78 is 7.72. The van der Waals surface area contributed by atoms with Gasteiger partial charge in [-0.1, -0.05) is 36.4 Å². The molecule has 0 saturated carbocycles. The highest BCUT2D eigenvalue weighted by molar-refractivity contribution is 5.90. The van der Waals surface area contributed by atoms with Gasteiger partial charge < -0.3 is 25.2 Å². The average Bonchev–Trinajstić information content (AvgIpc) is 3.39. The number of likely N-dealkylation sites (tertiary alicyclic amines) is 1. The number of ether oxygens (including phenoxy) is 1. The number of carboxylic acid groups (broad SMARTS) is 4. The fourth-order valence-corrected chi connectivity index (χ4v) is 4.11. The molecule has 4 N–H and O–H groups in total. The zero-order valence-corrected chi connectivity index (χ0v) is 23.7. The van der Waals surface area contributed by atoms with Crippen molar-refractivity contribution in [3.63, 3.8) is 0 Å². The van der Waals surface area contributed by atoms with Crippen molar-refractivity contribution in [2.45, 2.75) is 25.4 Å². The summed E-state index contributed by atoms with van der Waals surface area (Å²) in [6.45, 7) is 4.99. The monoisotopic (exact) mass is 596 g/mol. The lowest BCUT2D eigenvalue weighted by Crippen LogP contribution is -2.44. The highest BCUT2D eigenvalue weighted by Crippen LogP contribution is 2.18. The molecule has 4 rings (SSSR count). The molecular formula is C30H36N4O9. The van der Waals surface area contributed by atoms with E-state index in [0.29, 0.717) is 42.8 Å². The van der Waals surface area contributed by atoms with E-state index in [1.54, 1.807) is 0 Å². The first kappa shape index (κ1) is 34.2. The topological polar surface area (TPSA) is 182 Å². The Labute approximate surface area is 248 Å². The quantitative estimate of drug-likeness (QED) is 0.238. The molecule has 0 radical (unpaired) electrons. The molecule has 1 saturated heterocycles. The number of piperidine rings is 1. The van der Waals surface area contributed by atoms with Crippen molar-refractivity contribution < 1.29 is 44.3 Å². The predicted molar refractivity (Wildman–Crippen MR) is 157 cm³/mol. The van der Waals surface area contributed by atoms with Gasteiger partial charge in [-0.05, 0) is 50.7 Å². The first-order chi connectivity index (χ1) is 20.5. The molecule has 0 spiro atoms. The number of nitrogens with zero attached hydrogens (tertiary/aromatic N) is 4. The summed E-state index contributed by atoms with van der Waals surface area (Å²) in [5.41, 5.74) is 2.47. The lowest BCUT2D eigenvalue weighted by atomic mass is 10.0. The van der Waals surface area contributed by atoms with Gasteiger partial charge in [0.15, 0.2) is 0 Å². The van der Waals surface area contributed by atoms with Crippen molar-refractivity contribution in [3.8, 4) is 5.88 Å². The zero-order chi connectivity index (χ0) is 31.6. The first-order valence-corrected chi connectivity index (χ1v) is 13.3. The number of likely N-dealkylation sites (N-methyl/N-ethyl adjacent to an activating group) is 1. The number of carbonyl (C=O) groups is 4. The molecule has 1 aliphatic heterocycles. The molecular weight excluding hydrogens is 560 g/mol. The van der Waals surface area contributed by atoms with Crippen LogP contribution in [0.25, 0.3) is 5.52 Å². The van der Waals surface area contributed by atoms with Gasteiger partial charge in [0, 0.05) is 55.7 Å². The second kappa shape index (κ2) is 18.4. The molecule has 0 bridgehead atoms. The molecule has 43 heavy (non-hydrogen) atoms. The van der Waals surface area contributed by atoms with Gasteiger partial charge in [-0.3, -0.25) is 9.80 Å². The number of aliphatic carboxylic acids is 4. The second-order valence-electron chi connectivity index (χ2n) is 9.39. The Morgan fingerprint density at radius 1 is 0.860 bits per heavy atom. The van der Waals surface area contributed by atoms with E-state index in [0.717, 1.165) is 31.7 Å². The van der Waals surface area contributed by atoms with Gasteiger partial charge in [-0.25, -0.2) is 23.7 Å². The summed E-state index contributed by atoms with van der Waals surface area (Å²) in [7, 11) is 2.21. The van der Waals surface area contributed by atoms with Crippen molar-refractivity contribution in [1.82, 2.24) is 19.4 Å². The number of pyridine rings is 1. The van der Waals surface area contributed by atoms with Crippen molar-refractivity contribution in [1.29, 1.82) is 0 Å². The van der Waals surface area contributed by atoms with E-state index in [1.807, 2.05) is 35.0 Å². The van der Waals surface area contributed by atoms with Crippen molar-refractivity contribution >= 4 is 29.4 Å². The third kappa shape index (κ3) is 14.4. The molecule has 230 valence electrons. The molecule has 3 heterocycles. The van der Waals surface area contributed by atoms with Crippen LogP contribution in [0, 0.1) is 0 Å². The van der Waals surface area contributed by atoms with Crippen LogP contribution in [0.4, 0.5) is 0 Å². The third-order valence-corrected chi connectivity index (χ3v) is 6.21. The molecule has 2 aromatic heterocycles. The fourth-order valence-electron chi connectivity index (χ4n) is 4.11. The van der Waals surface area contributed by atoms with Gasteiger partial charge in [-0.15, -0.1) is 5.10 Å². The third-order valence-electron chi connectivity index (χ3n) is 6.21. The molecule has 13 nitrogen and oxygen atoms in total. The molecule has 3 aromatic rings. The lowest BCUT2D eigenvalue weighted by molar-refractivity contribution is -0.134. The van der Waals surface area contributed by atoms with E-state index in [-0.39, 0.29) is 0 Å². The molecule has 13 heteroatoms. The normalized spacial score (nSPS) is 13.7. The Hall–Kier alpha value is -5.01. The Kier molecular flexibility index (Phi) is 14.7. The van der Waals surface area contributed by atoms with Crippen LogP contribution in [-0.2, 0) is 25.7 Å². The minimum Gasteiger partial charge on any atom is -0.478 e. The SMILES string of the molecule is CN(CCOc1cc2ccccn2n1)C1CCN(Cc2ccccc2)CC1.O=C(O)/C=C\C(=O)O.O=C(O)/C=C\C(=O)O. The number of carboxylic acids is 4. The highest BCUT2D eigenvalue weighted by atomic mass is 16.5. The number of rotatable bonds is 11. The maximum Gasteiger partial charge on any atom is 0.328 e. The second-order valence-corrected chi connectivity index (χ2v) is 9.39. The molecule has 0 unspecified atom stereocenters. The van der Waals surface area contributed by atoms with Crippen LogP contribution in [0.1, 0.15) is 18.4 Å². The molecule has 0 atom stereocenters. The van der Waals surface area contributed by atoms with Crippen LogP contribution in [-0.4, -0.2) is 103 Å². The number of hydrogen-bond acceptors (Lipinski definition) is 8. The maximum absolute atomic E-state index is 9.55.